The average Bonchev–Trinajstić information content (AvgIpc) is 2.67. The minimum atomic E-state index is -0.106. The van der Waals surface area contributed by atoms with Gasteiger partial charge in [0.25, 0.3) is 0 Å². The van der Waals surface area contributed by atoms with Crippen molar-refractivity contribution in [2.24, 2.45) is 0 Å². The van der Waals surface area contributed by atoms with Crippen LogP contribution in [0.1, 0.15) is 23.0 Å². The second-order valence-corrected chi connectivity index (χ2v) is 3.40. The molecule has 0 saturated heterocycles. The quantitative estimate of drug-likeness (QED) is 0.701. The maximum Gasteiger partial charge on any atom is 0.197 e. The highest BCUT2D eigenvalue weighted by atomic mass is 16.3. The molecule has 1 aromatic carbocycles. The first-order chi connectivity index (χ1) is 7.20. The van der Waals surface area contributed by atoms with E-state index in [-0.39, 0.29) is 5.78 Å². The summed E-state index contributed by atoms with van der Waals surface area (Å²) in [6.45, 7) is 3.45. The van der Waals surface area contributed by atoms with Crippen LogP contribution >= 0.6 is 0 Å². The summed E-state index contributed by atoms with van der Waals surface area (Å²) in [5.41, 5.74) is 2.64. The fourth-order valence-electron chi connectivity index (χ4n) is 1.53. The molecule has 2 aromatic rings. The van der Waals surface area contributed by atoms with Gasteiger partial charge in [0, 0.05) is 12.5 Å². The van der Waals surface area contributed by atoms with Gasteiger partial charge in [-0.1, -0.05) is 24.3 Å². The number of Topliss-reactive ketones (excluding diaryl/α,β-unsaturated/α-hetero) is 1. The Kier molecular flexibility index (Phi) is 2.37. The molecule has 76 valence electrons. The Bertz CT molecular complexity index is 500. The zero-order valence-corrected chi connectivity index (χ0v) is 8.65. The summed E-state index contributed by atoms with van der Waals surface area (Å²) < 4.78 is 5.07. The summed E-state index contributed by atoms with van der Waals surface area (Å²) in [4.78, 5) is 15.4. The van der Waals surface area contributed by atoms with Crippen molar-refractivity contribution < 1.29 is 9.21 Å². The molecule has 0 bridgehead atoms. The van der Waals surface area contributed by atoms with Gasteiger partial charge in [0.15, 0.2) is 17.9 Å². The van der Waals surface area contributed by atoms with Crippen LogP contribution in [0.2, 0.25) is 0 Å². The Morgan fingerprint density at radius 3 is 2.73 bits per heavy atom. The summed E-state index contributed by atoms with van der Waals surface area (Å²) >= 11 is 0. The Morgan fingerprint density at radius 2 is 2.07 bits per heavy atom. The zero-order valence-electron chi connectivity index (χ0n) is 8.65. The number of rotatable bonds is 2. The van der Waals surface area contributed by atoms with E-state index in [0.29, 0.717) is 11.5 Å². The van der Waals surface area contributed by atoms with Crippen molar-refractivity contribution in [3.63, 3.8) is 0 Å². The van der Waals surface area contributed by atoms with Crippen LogP contribution in [0.15, 0.2) is 35.1 Å². The standard InChI is InChI=1S/C12H11NO2/c1-8-5-3-4-6-10(8)11-12(9(2)14)15-7-13-11/h3-7H,1-2H3. The van der Waals surface area contributed by atoms with Gasteiger partial charge < -0.3 is 4.42 Å². The first kappa shape index (κ1) is 9.65. The van der Waals surface area contributed by atoms with Crippen LogP contribution in [0.25, 0.3) is 11.3 Å². The van der Waals surface area contributed by atoms with E-state index in [9.17, 15) is 4.79 Å². The summed E-state index contributed by atoms with van der Waals surface area (Å²) in [5.74, 6) is 0.218. The molecule has 0 aliphatic heterocycles. The van der Waals surface area contributed by atoms with Crippen LogP contribution < -0.4 is 0 Å². The molecule has 3 heteroatoms. The average molecular weight is 201 g/mol. The molecule has 0 amide bonds. The second-order valence-electron chi connectivity index (χ2n) is 3.40. The maximum absolute atomic E-state index is 11.3. The van der Waals surface area contributed by atoms with Crippen molar-refractivity contribution in [1.82, 2.24) is 4.98 Å². The first-order valence-corrected chi connectivity index (χ1v) is 4.70. The van der Waals surface area contributed by atoms with E-state index < -0.39 is 0 Å². The minimum absolute atomic E-state index is 0.106. The Labute approximate surface area is 87.8 Å². The highest BCUT2D eigenvalue weighted by Gasteiger charge is 2.15. The Hall–Kier alpha value is -1.90. The van der Waals surface area contributed by atoms with Gasteiger partial charge >= 0.3 is 0 Å². The van der Waals surface area contributed by atoms with E-state index >= 15 is 0 Å². The van der Waals surface area contributed by atoms with E-state index in [1.54, 1.807) is 0 Å². The summed E-state index contributed by atoms with van der Waals surface area (Å²) in [7, 11) is 0. The number of benzene rings is 1. The highest BCUT2D eigenvalue weighted by molar-refractivity contribution is 5.97. The van der Waals surface area contributed by atoms with Gasteiger partial charge in [-0.3, -0.25) is 4.79 Å². The van der Waals surface area contributed by atoms with Crippen molar-refractivity contribution in [3.05, 3.63) is 42.0 Å². The van der Waals surface area contributed by atoms with Crippen molar-refractivity contribution in [2.75, 3.05) is 0 Å². The fourth-order valence-corrected chi connectivity index (χ4v) is 1.53. The largest absolute Gasteiger partial charge is 0.440 e. The lowest BCUT2D eigenvalue weighted by molar-refractivity contribution is 0.0988. The molecule has 1 aromatic heterocycles. The molecule has 0 radical (unpaired) electrons. The number of aromatic nitrogens is 1. The van der Waals surface area contributed by atoms with E-state index in [4.69, 9.17) is 4.42 Å². The van der Waals surface area contributed by atoms with Gasteiger partial charge in [-0.05, 0) is 12.5 Å². The predicted molar refractivity (Wildman–Crippen MR) is 56.7 cm³/mol. The molecule has 0 aliphatic carbocycles. The van der Waals surface area contributed by atoms with E-state index in [1.807, 2.05) is 31.2 Å². The molecule has 1 heterocycles. The Morgan fingerprint density at radius 1 is 1.33 bits per heavy atom. The molecule has 0 atom stereocenters. The zero-order chi connectivity index (χ0) is 10.8. The molecular weight excluding hydrogens is 190 g/mol. The number of hydrogen-bond donors (Lipinski definition) is 0. The molecular formula is C12H11NO2. The van der Waals surface area contributed by atoms with Gasteiger partial charge in [-0.25, -0.2) is 4.98 Å². The van der Waals surface area contributed by atoms with Crippen LogP contribution in [-0.4, -0.2) is 10.8 Å². The number of carbonyl (C=O) groups excluding carboxylic acids is 1. The number of ketones is 1. The van der Waals surface area contributed by atoms with E-state index in [0.717, 1.165) is 11.1 Å². The number of carbonyl (C=O) groups is 1. The third-order valence-electron chi connectivity index (χ3n) is 2.29. The Balaban J connectivity index is 2.59. The molecule has 0 unspecified atom stereocenters. The highest BCUT2D eigenvalue weighted by Crippen LogP contribution is 2.25. The van der Waals surface area contributed by atoms with Crippen LogP contribution in [-0.2, 0) is 0 Å². The lowest BCUT2D eigenvalue weighted by atomic mass is 10.0. The monoisotopic (exact) mass is 201 g/mol. The predicted octanol–water partition coefficient (Wildman–Crippen LogP) is 2.85. The van der Waals surface area contributed by atoms with Gasteiger partial charge in [0.2, 0.25) is 0 Å². The van der Waals surface area contributed by atoms with Gasteiger partial charge in [0.1, 0.15) is 5.69 Å². The molecule has 3 nitrogen and oxygen atoms in total. The molecule has 0 saturated carbocycles. The third-order valence-corrected chi connectivity index (χ3v) is 2.29. The van der Waals surface area contributed by atoms with Crippen molar-refractivity contribution in [2.45, 2.75) is 13.8 Å². The molecule has 2 rings (SSSR count). The lowest BCUT2D eigenvalue weighted by Gasteiger charge is -2.02. The lowest BCUT2D eigenvalue weighted by Crippen LogP contribution is -1.94. The smallest absolute Gasteiger partial charge is 0.197 e. The summed E-state index contributed by atoms with van der Waals surface area (Å²) in [5, 5.41) is 0. The molecule has 0 N–H and O–H groups in total. The van der Waals surface area contributed by atoms with E-state index in [1.165, 1.54) is 13.3 Å². The molecule has 0 aliphatic rings. The molecule has 15 heavy (non-hydrogen) atoms. The van der Waals surface area contributed by atoms with E-state index in [2.05, 4.69) is 4.98 Å². The molecule has 0 spiro atoms. The van der Waals surface area contributed by atoms with Gasteiger partial charge in [-0.2, -0.15) is 0 Å². The van der Waals surface area contributed by atoms with Crippen LogP contribution in [0, 0.1) is 6.92 Å². The fraction of sp³-hybridized carbons (Fsp3) is 0.167. The number of aryl methyl sites for hydroxylation is 1. The first-order valence-electron chi connectivity index (χ1n) is 4.70. The number of hydrogen-bond acceptors (Lipinski definition) is 3. The van der Waals surface area contributed by atoms with Crippen LogP contribution in [0.5, 0.6) is 0 Å². The van der Waals surface area contributed by atoms with Crippen LogP contribution in [0.4, 0.5) is 0 Å². The third kappa shape index (κ3) is 1.68. The number of oxazole rings is 1. The topological polar surface area (TPSA) is 43.1 Å². The van der Waals surface area contributed by atoms with Gasteiger partial charge in [0.05, 0.1) is 0 Å². The van der Waals surface area contributed by atoms with Gasteiger partial charge in [-0.15, -0.1) is 0 Å². The summed E-state index contributed by atoms with van der Waals surface area (Å²) in [6, 6.07) is 7.78. The summed E-state index contributed by atoms with van der Waals surface area (Å²) in [6.07, 6.45) is 1.30. The maximum atomic E-state index is 11.3. The van der Waals surface area contributed by atoms with Crippen LogP contribution in [0.3, 0.4) is 0 Å². The van der Waals surface area contributed by atoms with Crippen molar-refractivity contribution in [3.8, 4) is 11.3 Å². The normalized spacial score (nSPS) is 10.3. The molecule has 0 fully saturated rings. The van der Waals surface area contributed by atoms with Crippen molar-refractivity contribution in [1.29, 1.82) is 0 Å². The minimum Gasteiger partial charge on any atom is -0.440 e. The second kappa shape index (κ2) is 3.69. The SMILES string of the molecule is CC(=O)c1ocnc1-c1ccccc1C. The van der Waals surface area contributed by atoms with Crippen molar-refractivity contribution >= 4 is 5.78 Å². The number of nitrogens with zero attached hydrogens (tertiary/aromatic N) is 1.